The molecule has 3 N–H and O–H groups in total. The van der Waals surface area contributed by atoms with Crippen LogP contribution in [0.5, 0.6) is 0 Å². The van der Waals surface area contributed by atoms with E-state index in [1.165, 1.54) is 0 Å². The van der Waals surface area contributed by atoms with Crippen LogP contribution >= 0.6 is 0 Å². The van der Waals surface area contributed by atoms with Gasteiger partial charge in [-0.2, -0.15) is 5.10 Å². The maximum atomic E-state index is 12.7. The molecule has 0 bridgehead atoms. The predicted molar refractivity (Wildman–Crippen MR) is 141 cm³/mol. The lowest BCUT2D eigenvalue weighted by Gasteiger charge is -2.07. The Hall–Kier alpha value is -4.65. The first kappa shape index (κ1) is 24.5. The highest BCUT2D eigenvalue weighted by Crippen LogP contribution is 2.20. The van der Waals surface area contributed by atoms with Crippen LogP contribution in [-0.4, -0.2) is 29.3 Å². The first-order valence-corrected chi connectivity index (χ1v) is 11.7. The molecule has 7 nitrogen and oxygen atoms in total. The zero-order valence-corrected chi connectivity index (χ0v) is 20.1. The number of para-hydroxylation sites is 1. The molecule has 1 aromatic heterocycles. The number of nitrogens with two attached hydrogens (primary N) is 1. The standard InChI is InChI=1S/C29H28N4O3/c1-2-36-29(35)27-20-33(18-23-8-6-7-22(15-23)17-31-30)19-25(27)16-21-11-13-24(14-12-21)28(34)32-26-9-4-3-5-10-26/h3-15,17,19-20H,2,16,18,30H2,1H3,(H,32,34). The number of benzene rings is 3. The summed E-state index contributed by atoms with van der Waals surface area (Å²) < 4.78 is 7.27. The number of hydrogen-bond donors (Lipinski definition) is 2. The van der Waals surface area contributed by atoms with E-state index in [1.54, 1.807) is 25.3 Å². The van der Waals surface area contributed by atoms with Crippen molar-refractivity contribution in [2.75, 3.05) is 11.9 Å². The zero-order chi connectivity index (χ0) is 25.3. The van der Waals surface area contributed by atoms with E-state index in [1.807, 2.05) is 83.7 Å². The molecule has 0 unspecified atom stereocenters. The number of rotatable bonds is 9. The van der Waals surface area contributed by atoms with Gasteiger partial charge in [-0.05, 0) is 65.9 Å². The van der Waals surface area contributed by atoms with Crippen LogP contribution in [0.15, 0.2) is 96.4 Å². The van der Waals surface area contributed by atoms with Gasteiger partial charge >= 0.3 is 5.97 Å². The minimum atomic E-state index is -0.353. The molecule has 36 heavy (non-hydrogen) atoms. The second-order valence-corrected chi connectivity index (χ2v) is 8.31. The van der Waals surface area contributed by atoms with Gasteiger partial charge in [0.05, 0.1) is 18.4 Å². The van der Waals surface area contributed by atoms with E-state index in [0.717, 1.165) is 27.9 Å². The van der Waals surface area contributed by atoms with Crippen LogP contribution in [0.3, 0.4) is 0 Å². The van der Waals surface area contributed by atoms with Gasteiger partial charge in [-0.25, -0.2) is 4.79 Å². The zero-order valence-electron chi connectivity index (χ0n) is 20.1. The SMILES string of the molecule is CCOC(=O)c1cn(Cc2cccc(C=NN)c2)cc1Cc1ccc(C(=O)Nc2ccccc2)cc1. The number of ether oxygens (including phenoxy) is 1. The summed E-state index contributed by atoms with van der Waals surface area (Å²) in [6.45, 7) is 2.67. The molecule has 0 fully saturated rings. The fraction of sp³-hybridized carbons (Fsp3) is 0.138. The summed E-state index contributed by atoms with van der Waals surface area (Å²) in [6.07, 6.45) is 5.91. The normalized spacial score (nSPS) is 10.9. The summed E-state index contributed by atoms with van der Waals surface area (Å²) in [6, 6.07) is 24.6. The summed E-state index contributed by atoms with van der Waals surface area (Å²) in [5, 5.41) is 6.47. The second-order valence-electron chi connectivity index (χ2n) is 8.31. The average molecular weight is 481 g/mol. The quantitative estimate of drug-likeness (QED) is 0.155. The Labute approximate surface area is 210 Å². The molecule has 0 saturated carbocycles. The summed E-state index contributed by atoms with van der Waals surface area (Å²) in [7, 11) is 0. The average Bonchev–Trinajstić information content (AvgIpc) is 3.27. The third-order valence-corrected chi connectivity index (χ3v) is 5.64. The first-order chi connectivity index (χ1) is 17.6. The number of hydrogen-bond acceptors (Lipinski definition) is 5. The van der Waals surface area contributed by atoms with E-state index in [4.69, 9.17) is 10.6 Å². The number of hydrazone groups is 1. The number of nitrogens with zero attached hydrogens (tertiary/aromatic N) is 2. The van der Waals surface area contributed by atoms with E-state index in [9.17, 15) is 9.59 Å². The first-order valence-electron chi connectivity index (χ1n) is 11.7. The Morgan fingerprint density at radius 3 is 2.47 bits per heavy atom. The molecule has 0 aliphatic rings. The van der Waals surface area contributed by atoms with E-state index < -0.39 is 0 Å². The second kappa shape index (κ2) is 11.7. The van der Waals surface area contributed by atoms with Crippen molar-refractivity contribution in [3.8, 4) is 0 Å². The fourth-order valence-electron chi connectivity index (χ4n) is 3.97. The van der Waals surface area contributed by atoms with Gasteiger partial charge in [-0.1, -0.05) is 48.5 Å². The largest absolute Gasteiger partial charge is 0.462 e. The molecule has 4 aromatic rings. The lowest BCUT2D eigenvalue weighted by Crippen LogP contribution is -2.11. The molecule has 182 valence electrons. The number of esters is 1. The number of carbonyl (C=O) groups excluding carboxylic acids is 2. The number of aromatic nitrogens is 1. The Morgan fingerprint density at radius 1 is 0.972 bits per heavy atom. The van der Waals surface area contributed by atoms with E-state index in [2.05, 4.69) is 10.4 Å². The molecule has 7 heteroatoms. The third kappa shape index (κ3) is 6.27. The molecule has 0 atom stereocenters. The molecule has 0 aliphatic heterocycles. The van der Waals surface area contributed by atoms with Crippen molar-refractivity contribution in [3.63, 3.8) is 0 Å². The van der Waals surface area contributed by atoms with Crippen molar-refractivity contribution in [1.82, 2.24) is 4.57 Å². The van der Waals surface area contributed by atoms with E-state index in [0.29, 0.717) is 30.7 Å². The van der Waals surface area contributed by atoms with Crippen molar-refractivity contribution < 1.29 is 14.3 Å². The van der Waals surface area contributed by atoms with Crippen LogP contribution < -0.4 is 11.2 Å². The van der Waals surface area contributed by atoms with E-state index in [-0.39, 0.29) is 11.9 Å². The van der Waals surface area contributed by atoms with Crippen LogP contribution in [0.4, 0.5) is 5.69 Å². The third-order valence-electron chi connectivity index (χ3n) is 5.64. The van der Waals surface area contributed by atoms with Gasteiger partial charge in [0.1, 0.15) is 0 Å². The van der Waals surface area contributed by atoms with Gasteiger partial charge in [-0.3, -0.25) is 4.79 Å². The maximum absolute atomic E-state index is 12.7. The smallest absolute Gasteiger partial charge is 0.339 e. The summed E-state index contributed by atoms with van der Waals surface area (Å²) in [5.74, 6) is 4.75. The lowest BCUT2D eigenvalue weighted by atomic mass is 10.0. The van der Waals surface area contributed by atoms with Gasteiger partial charge in [0.2, 0.25) is 0 Å². The van der Waals surface area contributed by atoms with Gasteiger partial charge in [0.15, 0.2) is 0 Å². The number of nitrogens with one attached hydrogen (secondary N) is 1. The van der Waals surface area contributed by atoms with Crippen LogP contribution in [0.25, 0.3) is 0 Å². The monoisotopic (exact) mass is 480 g/mol. The highest BCUT2D eigenvalue weighted by molar-refractivity contribution is 6.04. The minimum Gasteiger partial charge on any atom is -0.462 e. The summed E-state index contributed by atoms with van der Waals surface area (Å²) in [4.78, 5) is 25.2. The molecule has 1 amide bonds. The van der Waals surface area contributed by atoms with Crippen LogP contribution in [0, 0.1) is 0 Å². The van der Waals surface area contributed by atoms with Crippen molar-refractivity contribution in [1.29, 1.82) is 0 Å². The summed E-state index contributed by atoms with van der Waals surface area (Å²) in [5.41, 5.74) is 5.63. The van der Waals surface area contributed by atoms with Gasteiger partial charge in [0, 0.05) is 30.2 Å². The molecule has 0 aliphatic carbocycles. The fourth-order valence-corrected chi connectivity index (χ4v) is 3.97. The number of anilines is 1. The van der Waals surface area contributed by atoms with Gasteiger partial charge < -0.3 is 20.5 Å². The van der Waals surface area contributed by atoms with Crippen molar-refractivity contribution in [2.45, 2.75) is 19.9 Å². The molecule has 0 spiro atoms. The maximum Gasteiger partial charge on any atom is 0.339 e. The van der Waals surface area contributed by atoms with Crippen molar-refractivity contribution in [2.24, 2.45) is 10.9 Å². The van der Waals surface area contributed by atoms with Crippen molar-refractivity contribution >= 4 is 23.8 Å². The molecule has 4 rings (SSSR count). The minimum absolute atomic E-state index is 0.173. The lowest BCUT2D eigenvalue weighted by molar-refractivity contribution is 0.0525. The highest BCUT2D eigenvalue weighted by Gasteiger charge is 2.17. The molecule has 0 radical (unpaired) electrons. The van der Waals surface area contributed by atoms with Crippen LogP contribution in [0.2, 0.25) is 0 Å². The molecule has 3 aromatic carbocycles. The molecular formula is C29H28N4O3. The van der Waals surface area contributed by atoms with Crippen molar-refractivity contribution in [3.05, 3.63) is 125 Å². The highest BCUT2D eigenvalue weighted by atomic mass is 16.5. The van der Waals surface area contributed by atoms with Crippen LogP contribution in [0.1, 0.15) is 49.9 Å². The van der Waals surface area contributed by atoms with Crippen LogP contribution in [-0.2, 0) is 17.7 Å². The van der Waals surface area contributed by atoms with Gasteiger partial charge in [0.25, 0.3) is 5.91 Å². The Kier molecular flexibility index (Phi) is 7.93. The summed E-state index contributed by atoms with van der Waals surface area (Å²) >= 11 is 0. The Bertz CT molecular complexity index is 1360. The number of carbonyl (C=O) groups is 2. The molecule has 1 heterocycles. The molecular weight excluding hydrogens is 452 g/mol. The Balaban J connectivity index is 1.52. The topological polar surface area (TPSA) is 98.7 Å². The van der Waals surface area contributed by atoms with E-state index >= 15 is 0 Å². The van der Waals surface area contributed by atoms with Gasteiger partial charge in [-0.15, -0.1) is 0 Å². The Morgan fingerprint density at radius 2 is 1.75 bits per heavy atom. The number of amides is 1. The predicted octanol–water partition coefficient (Wildman–Crippen LogP) is 4.85. The molecule has 0 saturated heterocycles.